The Morgan fingerprint density at radius 2 is 2.20 bits per heavy atom. The Morgan fingerprint density at radius 3 is 2.90 bits per heavy atom. The largest absolute Gasteiger partial charge is 0.383 e. The maximum absolute atomic E-state index is 5.97. The normalized spacial score (nSPS) is 14.2. The number of hydrogen-bond acceptors (Lipinski definition) is 5. The molecule has 2 heterocycles. The van der Waals surface area contributed by atoms with Crippen molar-refractivity contribution in [1.29, 1.82) is 0 Å². The van der Waals surface area contributed by atoms with Crippen LogP contribution in [0.1, 0.15) is 35.7 Å². The van der Waals surface area contributed by atoms with Crippen LogP contribution in [0.2, 0.25) is 0 Å². The zero-order valence-electron chi connectivity index (χ0n) is 11.6. The second-order valence-corrected chi connectivity index (χ2v) is 5.25. The molecule has 0 radical (unpaired) electrons. The van der Waals surface area contributed by atoms with E-state index in [9.17, 15) is 0 Å². The summed E-state index contributed by atoms with van der Waals surface area (Å²) >= 11 is 0. The number of nitrogens with one attached hydrogen (secondary N) is 1. The zero-order chi connectivity index (χ0) is 13.9. The minimum Gasteiger partial charge on any atom is -0.383 e. The molecule has 2 aromatic heterocycles. The molecular weight excluding hydrogens is 250 g/mol. The average Bonchev–Trinajstić information content (AvgIpc) is 3.29. The van der Waals surface area contributed by atoms with E-state index in [2.05, 4.69) is 26.3 Å². The van der Waals surface area contributed by atoms with Crippen LogP contribution in [0.15, 0.2) is 24.5 Å². The standard InChI is InChI=1S/C15H19N5/c1-10-13(16)19-15(12-4-5-12)20-14(10)18-8-6-11-3-2-7-17-9-11/h2-3,7,9,12H,4-6,8H2,1H3,(H3,16,18,19,20). The van der Waals surface area contributed by atoms with Gasteiger partial charge in [0.25, 0.3) is 0 Å². The fraction of sp³-hybridized carbons (Fsp3) is 0.400. The van der Waals surface area contributed by atoms with Crippen molar-refractivity contribution in [2.45, 2.75) is 32.1 Å². The maximum Gasteiger partial charge on any atom is 0.136 e. The van der Waals surface area contributed by atoms with E-state index >= 15 is 0 Å². The third-order valence-electron chi connectivity index (χ3n) is 3.57. The summed E-state index contributed by atoms with van der Waals surface area (Å²) in [6.07, 6.45) is 6.94. The van der Waals surface area contributed by atoms with Crippen molar-refractivity contribution in [3.63, 3.8) is 0 Å². The molecule has 5 nitrogen and oxygen atoms in total. The van der Waals surface area contributed by atoms with E-state index in [0.717, 1.165) is 30.2 Å². The molecule has 0 spiro atoms. The fourth-order valence-corrected chi connectivity index (χ4v) is 2.12. The van der Waals surface area contributed by atoms with Crippen LogP contribution in [-0.2, 0) is 6.42 Å². The van der Waals surface area contributed by atoms with Crippen LogP contribution in [0.25, 0.3) is 0 Å². The van der Waals surface area contributed by atoms with Crippen molar-refractivity contribution in [1.82, 2.24) is 15.0 Å². The van der Waals surface area contributed by atoms with Gasteiger partial charge in [-0.1, -0.05) is 6.07 Å². The number of rotatable bonds is 5. The van der Waals surface area contributed by atoms with Crippen LogP contribution >= 0.6 is 0 Å². The van der Waals surface area contributed by atoms with Gasteiger partial charge in [0.15, 0.2) is 0 Å². The van der Waals surface area contributed by atoms with Crippen LogP contribution in [0.5, 0.6) is 0 Å². The van der Waals surface area contributed by atoms with Gasteiger partial charge in [0.1, 0.15) is 17.5 Å². The summed E-state index contributed by atoms with van der Waals surface area (Å²) in [5.41, 5.74) is 8.11. The van der Waals surface area contributed by atoms with Crippen molar-refractivity contribution in [2.24, 2.45) is 0 Å². The Hall–Kier alpha value is -2.17. The molecule has 1 aliphatic rings. The summed E-state index contributed by atoms with van der Waals surface area (Å²) in [5.74, 6) is 2.85. The highest BCUT2D eigenvalue weighted by molar-refractivity contribution is 5.55. The van der Waals surface area contributed by atoms with Crippen molar-refractivity contribution in [3.8, 4) is 0 Å². The first-order chi connectivity index (χ1) is 9.74. The van der Waals surface area contributed by atoms with Gasteiger partial charge < -0.3 is 11.1 Å². The fourth-order valence-electron chi connectivity index (χ4n) is 2.12. The molecule has 3 N–H and O–H groups in total. The minimum absolute atomic E-state index is 0.511. The average molecular weight is 269 g/mol. The van der Waals surface area contributed by atoms with Gasteiger partial charge in [-0.25, -0.2) is 9.97 Å². The summed E-state index contributed by atoms with van der Waals surface area (Å²) in [6.45, 7) is 2.77. The Morgan fingerprint density at radius 1 is 1.35 bits per heavy atom. The molecule has 0 unspecified atom stereocenters. The van der Waals surface area contributed by atoms with Crippen molar-refractivity contribution in [2.75, 3.05) is 17.6 Å². The maximum atomic E-state index is 5.97. The van der Waals surface area contributed by atoms with Crippen molar-refractivity contribution >= 4 is 11.6 Å². The van der Waals surface area contributed by atoms with Crippen molar-refractivity contribution in [3.05, 3.63) is 41.5 Å². The summed E-state index contributed by atoms with van der Waals surface area (Å²) in [6, 6.07) is 4.03. The number of nitrogen functional groups attached to an aromatic ring is 1. The van der Waals surface area contributed by atoms with Crippen LogP contribution in [0.3, 0.4) is 0 Å². The molecule has 5 heteroatoms. The molecule has 3 rings (SSSR count). The highest BCUT2D eigenvalue weighted by Gasteiger charge is 2.27. The molecule has 1 saturated carbocycles. The molecule has 0 saturated heterocycles. The lowest BCUT2D eigenvalue weighted by Crippen LogP contribution is -2.11. The van der Waals surface area contributed by atoms with Gasteiger partial charge in [-0.3, -0.25) is 4.98 Å². The van der Waals surface area contributed by atoms with Crippen LogP contribution in [-0.4, -0.2) is 21.5 Å². The SMILES string of the molecule is Cc1c(N)nc(C2CC2)nc1NCCc1cccnc1. The van der Waals surface area contributed by atoms with E-state index in [1.165, 1.54) is 18.4 Å². The monoisotopic (exact) mass is 269 g/mol. The molecule has 2 aromatic rings. The molecule has 0 aliphatic heterocycles. The zero-order valence-corrected chi connectivity index (χ0v) is 11.6. The predicted octanol–water partition coefficient (Wildman–Crippen LogP) is 2.29. The van der Waals surface area contributed by atoms with Gasteiger partial charge in [0, 0.05) is 30.4 Å². The topological polar surface area (TPSA) is 76.7 Å². The number of hydrogen-bond donors (Lipinski definition) is 2. The number of aromatic nitrogens is 3. The first-order valence-corrected chi connectivity index (χ1v) is 7.01. The third-order valence-corrected chi connectivity index (χ3v) is 3.57. The number of nitrogens with two attached hydrogens (primary N) is 1. The first-order valence-electron chi connectivity index (χ1n) is 7.01. The smallest absolute Gasteiger partial charge is 0.136 e. The Balaban J connectivity index is 1.67. The Kier molecular flexibility index (Phi) is 3.50. The van der Waals surface area contributed by atoms with E-state index in [1.807, 2.05) is 19.2 Å². The van der Waals surface area contributed by atoms with Gasteiger partial charge in [-0.2, -0.15) is 0 Å². The summed E-state index contributed by atoms with van der Waals surface area (Å²) in [4.78, 5) is 13.1. The molecule has 0 bridgehead atoms. The number of anilines is 2. The lowest BCUT2D eigenvalue weighted by molar-refractivity contribution is 0.910. The van der Waals surface area contributed by atoms with Gasteiger partial charge in [-0.05, 0) is 37.8 Å². The quantitative estimate of drug-likeness (QED) is 0.871. The Bertz CT molecular complexity index is 593. The molecule has 0 atom stereocenters. The van der Waals surface area contributed by atoms with E-state index in [1.54, 1.807) is 6.20 Å². The first kappa shape index (κ1) is 12.8. The molecule has 1 fully saturated rings. The van der Waals surface area contributed by atoms with Crippen molar-refractivity contribution < 1.29 is 0 Å². The van der Waals surface area contributed by atoms with E-state index in [4.69, 9.17) is 5.73 Å². The summed E-state index contributed by atoms with van der Waals surface area (Å²) < 4.78 is 0. The van der Waals surface area contributed by atoms with E-state index in [-0.39, 0.29) is 0 Å². The van der Waals surface area contributed by atoms with Gasteiger partial charge in [-0.15, -0.1) is 0 Å². The van der Waals surface area contributed by atoms with Gasteiger partial charge in [0.2, 0.25) is 0 Å². The number of pyridine rings is 1. The second kappa shape index (κ2) is 5.45. The molecule has 1 aliphatic carbocycles. The lowest BCUT2D eigenvalue weighted by Gasteiger charge is -2.11. The molecule has 0 amide bonds. The third kappa shape index (κ3) is 2.87. The highest BCUT2D eigenvalue weighted by atomic mass is 15.1. The molecule has 20 heavy (non-hydrogen) atoms. The van der Waals surface area contributed by atoms with Crippen LogP contribution in [0.4, 0.5) is 11.6 Å². The minimum atomic E-state index is 0.511. The summed E-state index contributed by atoms with van der Waals surface area (Å²) in [5, 5.41) is 3.37. The highest BCUT2D eigenvalue weighted by Crippen LogP contribution is 2.39. The lowest BCUT2D eigenvalue weighted by atomic mass is 10.2. The van der Waals surface area contributed by atoms with Crippen LogP contribution < -0.4 is 11.1 Å². The van der Waals surface area contributed by atoms with Crippen LogP contribution in [0, 0.1) is 6.92 Å². The second-order valence-electron chi connectivity index (χ2n) is 5.25. The number of nitrogens with zero attached hydrogens (tertiary/aromatic N) is 3. The van der Waals surface area contributed by atoms with E-state index in [0.29, 0.717) is 11.7 Å². The van der Waals surface area contributed by atoms with E-state index < -0.39 is 0 Å². The van der Waals surface area contributed by atoms with Gasteiger partial charge >= 0.3 is 0 Å². The molecule has 104 valence electrons. The predicted molar refractivity (Wildman–Crippen MR) is 79.6 cm³/mol. The Labute approximate surface area is 118 Å². The van der Waals surface area contributed by atoms with Gasteiger partial charge in [0.05, 0.1) is 0 Å². The molecule has 0 aromatic carbocycles. The molecular formula is C15H19N5. The summed E-state index contributed by atoms with van der Waals surface area (Å²) in [7, 11) is 0.